The first-order valence-corrected chi connectivity index (χ1v) is 10.6. The number of piperazine rings is 1. The van der Waals surface area contributed by atoms with Gasteiger partial charge in [-0.3, -0.25) is 9.58 Å². The maximum Gasteiger partial charge on any atom is 0.322 e. The minimum absolute atomic E-state index is 0.0193. The number of amides is 2. The number of urea groups is 1. The van der Waals surface area contributed by atoms with Crippen LogP contribution in [0.3, 0.4) is 0 Å². The van der Waals surface area contributed by atoms with Gasteiger partial charge in [0.15, 0.2) is 0 Å². The summed E-state index contributed by atoms with van der Waals surface area (Å²) in [6, 6.07) is 0.722. The van der Waals surface area contributed by atoms with Gasteiger partial charge >= 0.3 is 6.03 Å². The minimum Gasteiger partial charge on any atom is -0.322 e. The van der Waals surface area contributed by atoms with Crippen LogP contribution in [-0.2, 0) is 6.54 Å². The highest BCUT2D eigenvalue weighted by atomic mass is 16.2. The number of carbonyl (C=O) groups excluding carboxylic acids is 1. The third-order valence-corrected chi connectivity index (χ3v) is 6.74. The molecule has 27 heavy (non-hydrogen) atoms. The molecule has 0 unspecified atom stereocenters. The molecule has 1 aromatic heterocycles. The van der Waals surface area contributed by atoms with E-state index in [4.69, 9.17) is 0 Å². The summed E-state index contributed by atoms with van der Waals surface area (Å²) in [6.07, 6.45) is 3.74. The molecule has 0 aromatic carbocycles. The zero-order chi connectivity index (χ0) is 19.0. The summed E-state index contributed by atoms with van der Waals surface area (Å²) in [4.78, 5) is 20.0. The summed E-state index contributed by atoms with van der Waals surface area (Å²) in [5.74, 6) is 0.866. The van der Waals surface area contributed by atoms with Crippen LogP contribution in [0.15, 0.2) is 0 Å². The minimum atomic E-state index is 0.0193. The van der Waals surface area contributed by atoms with E-state index in [9.17, 15) is 4.79 Å². The molecule has 1 atom stereocenters. The molecule has 7 heteroatoms. The van der Waals surface area contributed by atoms with Crippen molar-refractivity contribution in [1.29, 1.82) is 0 Å². The van der Waals surface area contributed by atoms with Crippen molar-refractivity contribution in [3.63, 3.8) is 0 Å². The van der Waals surface area contributed by atoms with E-state index in [1.165, 1.54) is 32.5 Å². The highest BCUT2D eigenvalue weighted by molar-refractivity contribution is 5.90. The van der Waals surface area contributed by atoms with Crippen molar-refractivity contribution < 1.29 is 4.79 Å². The van der Waals surface area contributed by atoms with Gasteiger partial charge in [0.25, 0.3) is 0 Å². The average Bonchev–Trinajstić information content (AvgIpc) is 2.96. The molecule has 4 aliphatic heterocycles. The highest BCUT2D eigenvalue weighted by Crippen LogP contribution is 2.31. The number of carbonyl (C=O) groups is 1. The Morgan fingerprint density at radius 1 is 1.11 bits per heavy atom. The second-order valence-corrected chi connectivity index (χ2v) is 8.43. The monoisotopic (exact) mass is 374 g/mol. The zero-order valence-corrected chi connectivity index (χ0v) is 17.1. The van der Waals surface area contributed by atoms with Crippen molar-refractivity contribution in [2.75, 3.05) is 51.1 Å². The van der Waals surface area contributed by atoms with Crippen molar-refractivity contribution in [2.45, 2.75) is 52.6 Å². The van der Waals surface area contributed by atoms with Gasteiger partial charge in [-0.15, -0.1) is 0 Å². The Bertz CT molecular complexity index is 670. The second-order valence-electron chi connectivity index (χ2n) is 8.43. The number of aromatic nitrogens is 2. The molecule has 7 nitrogen and oxygen atoms in total. The average molecular weight is 375 g/mol. The first kappa shape index (κ1) is 18.7. The summed E-state index contributed by atoms with van der Waals surface area (Å²) >= 11 is 0. The van der Waals surface area contributed by atoms with Crippen molar-refractivity contribution in [2.24, 2.45) is 5.92 Å². The molecule has 2 amide bonds. The van der Waals surface area contributed by atoms with Gasteiger partial charge in [0.05, 0.1) is 17.1 Å². The molecular weight excluding hydrogens is 340 g/mol. The molecule has 0 spiro atoms. The van der Waals surface area contributed by atoms with Crippen LogP contribution in [-0.4, -0.2) is 82.4 Å². The summed E-state index contributed by atoms with van der Waals surface area (Å²) in [5, 5.41) is 7.69. The van der Waals surface area contributed by atoms with Crippen molar-refractivity contribution >= 4 is 11.7 Å². The molecular formula is C20H34N6O. The molecule has 4 fully saturated rings. The quantitative estimate of drug-likeness (QED) is 0.877. The van der Waals surface area contributed by atoms with Gasteiger partial charge in [-0.25, -0.2) is 4.79 Å². The number of nitrogens with zero attached hydrogens (tertiary/aromatic N) is 5. The highest BCUT2D eigenvalue weighted by Gasteiger charge is 2.38. The van der Waals surface area contributed by atoms with E-state index >= 15 is 0 Å². The summed E-state index contributed by atoms with van der Waals surface area (Å²) in [6.45, 7) is 14.5. The number of hydrogen-bond acceptors (Lipinski definition) is 4. The van der Waals surface area contributed by atoms with E-state index in [0.717, 1.165) is 62.1 Å². The fraction of sp³-hybridized carbons (Fsp3) is 0.800. The molecule has 4 saturated heterocycles. The third kappa shape index (κ3) is 3.72. The lowest BCUT2D eigenvalue weighted by atomic mass is 9.83. The molecule has 4 aliphatic rings. The molecule has 2 bridgehead atoms. The lowest BCUT2D eigenvalue weighted by molar-refractivity contribution is -0.00971. The maximum atomic E-state index is 12.8. The Labute approximate surface area is 162 Å². The topological polar surface area (TPSA) is 56.6 Å². The Morgan fingerprint density at radius 2 is 1.81 bits per heavy atom. The van der Waals surface area contributed by atoms with Gasteiger partial charge in [-0.1, -0.05) is 6.92 Å². The number of nitrogens with one attached hydrogen (secondary N) is 1. The Hall–Kier alpha value is -1.60. The van der Waals surface area contributed by atoms with Crippen molar-refractivity contribution in [3.8, 4) is 0 Å². The maximum absolute atomic E-state index is 12.8. The number of fused-ring (bicyclic) bond motifs is 3. The van der Waals surface area contributed by atoms with Gasteiger partial charge in [-0.2, -0.15) is 5.10 Å². The molecule has 1 aromatic rings. The lowest BCUT2D eigenvalue weighted by Crippen LogP contribution is -2.61. The lowest BCUT2D eigenvalue weighted by Gasteiger charge is -2.50. The fourth-order valence-corrected chi connectivity index (χ4v) is 5.10. The second kappa shape index (κ2) is 7.80. The molecule has 0 saturated carbocycles. The van der Waals surface area contributed by atoms with Crippen LogP contribution in [0.25, 0.3) is 0 Å². The van der Waals surface area contributed by atoms with Crippen LogP contribution >= 0.6 is 0 Å². The van der Waals surface area contributed by atoms with E-state index in [-0.39, 0.29) is 6.03 Å². The largest absolute Gasteiger partial charge is 0.322 e. The van der Waals surface area contributed by atoms with E-state index < -0.39 is 0 Å². The van der Waals surface area contributed by atoms with Crippen LogP contribution < -0.4 is 5.32 Å². The van der Waals surface area contributed by atoms with Crippen molar-refractivity contribution in [1.82, 2.24) is 24.5 Å². The number of rotatable bonds is 4. The smallest absolute Gasteiger partial charge is 0.322 e. The van der Waals surface area contributed by atoms with E-state index in [1.807, 2.05) is 23.4 Å². The molecule has 5 heterocycles. The number of aryl methyl sites for hydroxylation is 2. The zero-order valence-electron chi connectivity index (χ0n) is 17.1. The summed E-state index contributed by atoms with van der Waals surface area (Å²) in [5.41, 5.74) is 2.84. The normalized spacial score (nSPS) is 28.6. The Kier molecular flexibility index (Phi) is 5.41. The van der Waals surface area contributed by atoms with Crippen molar-refractivity contribution in [3.05, 3.63) is 11.4 Å². The van der Waals surface area contributed by atoms with Crippen LogP contribution in [0.1, 0.15) is 37.6 Å². The predicted molar refractivity (Wildman–Crippen MR) is 107 cm³/mol. The molecule has 0 aliphatic carbocycles. The fourth-order valence-electron chi connectivity index (χ4n) is 5.10. The molecule has 150 valence electrons. The molecule has 1 N–H and O–H groups in total. The van der Waals surface area contributed by atoms with E-state index in [0.29, 0.717) is 6.04 Å². The third-order valence-electron chi connectivity index (χ3n) is 6.74. The molecule has 5 rings (SSSR count). The SMILES string of the molecule is CCCn1nc(C)c(NC(=O)N2CCN([C@@H]3CN4CCC3CC4)CC2)c1C. The molecule has 0 radical (unpaired) electrons. The van der Waals surface area contributed by atoms with Gasteiger partial charge < -0.3 is 15.1 Å². The Morgan fingerprint density at radius 3 is 2.41 bits per heavy atom. The Balaban J connectivity index is 1.33. The predicted octanol–water partition coefficient (Wildman–Crippen LogP) is 2.15. The van der Waals surface area contributed by atoms with Crippen LogP contribution in [0.4, 0.5) is 10.5 Å². The first-order valence-electron chi connectivity index (χ1n) is 10.6. The van der Waals surface area contributed by atoms with Gasteiger partial charge in [0.1, 0.15) is 0 Å². The van der Waals surface area contributed by atoms with E-state index in [2.05, 4.69) is 27.1 Å². The first-order chi connectivity index (χ1) is 13.1. The van der Waals surface area contributed by atoms with Gasteiger partial charge in [0.2, 0.25) is 0 Å². The van der Waals surface area contributed by atoms with Gasteiger partial charge in [-0.05, 0) is 52.1 Å². The number of piperidine rings is 3. The standard InChI is InChI=1S/C20H34N6O/c1-4-7-26-16(3)19(15(2)22-26)21-20(27)25-12-10-24(11-13-25)18-14-23-8-5-17(18)6-9-23/h17-18H,4-14H2,1-3H3,(H,21,27)/t18-/m1/s1. The van der Waals surface area contributed by atoms with Crippen LogP contribution in [0.5, 0.6) is 0 Å². The van der Waals surface area contributed by atoms with E-state index in [1.54, 1.807) is 0 Å². The van der Waals surface area contributed by atoms with Crippen LogP contribution in [0.2, 0.25) is 0 Å². The van der Waals surface area contributed by atoms with Gasteiger partial charge in [0, 0.05) is 45.3 Å². The summed E-state index contributed by atoms with van der Waals surface area (Å²) in [7, 11) is 0. The summed E-state index contributed by atoms with van der Waals surface area (Å²) < 4.78 is 2.00. The number of hydrogen-bond donors (Lipinski definition) is 1. The van der Waals surface area contributed by atoms with Crippen LogP contribution in [0, 0.1) is 19.8 Å². The number of anilines is 1.